The van der Waals surface area contributed by atoms with Crippen LogP contribution >= 0.6 is 0 Å². The van der Waals surface area contributed by atoms with Gasteiger partial charge >= 0.3 is 0 Å². The molecule has 0 aliphatic carbocycles. The lowest BCUT2D eigenvalue weighted by atomic mass is 10.1. The summed E-state index contributed by atoms with van der Waals surface area (Å²) in [6.45, 7) is 0.413. The molecule has 1 aromatic rings. The van der Waals surface area contributed by atoms with E-state index >= 15 is 0 Å². The highest BCUT2D eigenvalue weighted by atomic mass is 16.3. The summed E-state index contributed by atoms with van der Waals surface area (Å²) in [6, 6.07) is 7.93. The first kappa shape index (κ1) is 10.2. The summed E-state index contributed by atoms with van der Waals surface area (Å²) < 4.78 is 0. The van der Waals surface area contributed by atoms with Crippen LogP contribution in [0, 0.1) is 0 Å². The van der Waals surface area contributed by atoms with Crippen molar-refractivity contribution in [3.05, 3.63) is 29.8 Å². The molecular formula is C12H15NO2. The summed E-state index contributed by atoms with van der Waals surface area (Å²) in [5.41, 5.74) is 2.17. The molecule has 15 heavy (non-hydrogen) atoms. The number of carbonyl (C=O) groups is 1. The zero-order valence-electron chi connectivity index (χ0n) is 8.65. The third-order valence-electron chi connectivity index (χ3n) is 2.74. The highest BCUT2D eigenvalue weighted by Gasteiger charge is 2.20. The summed E-state index contributed by atoms with van der Waals surface area (Å²) in [5, 5.41) is 8.96. The Morgan fingerprint density at radius 3 is 2.87 bits per heavy atom. The molecule has 1 amide bonds. The van der Waals surface area contributed by atoms with E-state index in [1.54, 1.807) is 4.90 Å². The molecule has 1 N–H and O–H groups in total. The van der Waals surface area contributed by atoms with Crippen molar-refractivity contribution in [2.45, 2.75) is 19.3 Å². The number of aryl methyl sites for hydroxylation is 1. The molecular weight excluding hydrogens is 190 g/mol. The lowest BCUT2D eigenvalue weighted by molar-refractivity contribution is -0.118. The summed E-state index contributed by atoms with van der Waals surface area (Å²) in [6.07, 6.45) is 2.43. The van der Waals surface area contributed by atoms with Gasteiger partial charge in [-0.3, -0.25) is 4.79 Å². The van der Waals surface area contributed by atoms with Crippen LogP contribution < -0.4 is 4.90 Å². The van der Waals surface area contributed by atoms with Gasteiger partial charge in [0, 0.05) is 18.7 Å². The Kier molecular flexibility index (Phi) is 3.02. The maximum Gasteiger partial charge on any atom is 0.227 e. The van der Waals surface area contributed by atoms with Crippen LogP contribution in [-0.4, -0.2) is 24.2 Å². The fourth-order valence-electron chi connectivity index (χ4n) is 2.03. The minimum absolute atomic E-state index is 0.0140. The first-order chi connectivity index (χ1) is 7.33. The zero-order chi connectivity index (χ0) is 10.7. The molecule has 0 bridgehead atoms. The first-order valence-electron chi connectivity index (χ1n) is 5.32. The standard InChI is InChI=1S/C12H15NO2/c14-9-8-13-11-6-2-1-4-10(11)5-3-7-12(13)15/h1-2,4,6,14H,3,5,7-9H2. The third-order valence-corrected chi connectivity index (χ3v) is 2.74. The number of β-amino-alcohol motifs (C(OH)–C–C–N with tert-alkyl or cyclic N) is 1. The van der Waals surface area contributed by atoms with Crippen molar-refractivity contribution in [2.24, 2.45) is 0 Å². The molecule has 0 fully saturated rings. The van der Waals surface area contributed by atoms with E-state index in [-0.39, 0.29) is 12.5 Å². The molecule has 0 saturated carbocycles. The fraction of sp³-hybridized carbons (Fsp3) is 0.417. The van der Waals surface area contributed by atoms with Gasteiger partial charge in [-0.25, -0.2) is 0 Å². The SMILES string of the molecule is O=C1CCCc2ccccc2N1CCO. The number of fused-ring (bicyclic) bond motifs is 1. The highest BCUT2D eigenvalue weighted by molar-refractivity contribution is 5.94. The Bertz CT molecular complexity index is 362. The lowest BCUT2D eigenvalue weighted by Gasteiger charge is -2.21. The average Bonchev–Trinajstić information content (AvgIpc) is 2.40. The van der Waals surface area contributed by atoms with E-state index in [1.165, 1.54) is 5.56 Å². The normalized spacial score (nSPS) is 16.1. The van der Waals surface area contributed by atoms with Gasteiger partial charge in [-0.15, -0.1) is 0 Å². The molecule has 0 radical (unpaired) electrons. The Morgan fingerprint density at radius 2 is 2.07 bits per heavy atom. The minimum Gasteiger partial charge on any atom is -0.395 e. The van der Waals surface area contributed by atoms with E-state index < -0.39 is 0 Å². The van der Waals surface area contributed by atoms with Gasteiger partial charge in [-0.05, 0) is 24.5 Å². The lowest BCUT2D eigenvalue weighted by Crippen LogP contribution is -2.32. The number of para-hydroxylation sites is 1. The Morgan fingerprint density at radius 1 is 1.27 bits per heavy atom. The Hall–Kier alpha value is -1.35. The summed E-state index contributed by atoms with van der Waals surface area (Å²) in [7, 11) is 0. The second kappa shape index (κ2) is 4.45. The van der Waals surface area contributed by atoms with Gasteiger partial charge in [0.05, 0.1) is 6.61 Å². The largest absolute Gasteiger partial charge is 0.395 e. The first-order valence-corrected chi connectivity index (χ1v) is 5.32. The van der Waals surface area contributed by atoms with Gasteiger partial charge in [-0.2, -0.15) is 0 Å². The number of nitrogens with zero attached hydrogens (tertiary/aromatic N) is 1. The molecule has 80 valence electrons. The molecule has 3 heteroatoms. The smallest absolute Gasteiger partial charge is 0.227 e. The highest BCUT2D eigenvalue weighted by Crippen LogP contribution is 2.26. The van der Waals surface area contributed by atoms with E-state index in [2.05, 4.69) is 6.07 Å². The van der Waals surface area contributed by atoms with E-state index in [9.17, 15) is 4.79 Å². The number of rotatable bonds is 2. The topological polar surface area (TPSA) is 40.5 Å². The molecule has 0 unspecified atom stereocenters. The van der Waals surface area contributed by atoms with Crippen molar-refractivity contribution in [3.63, 3.8) is 0 Å². The van der Waals surface area contributed by atoms with Crippen LogP contribution in [0.1, 0.15) is 18.4 Å². The fourth-order valence-corrected chi connectivity index (χ4v) is 2.03. The maximum atomic E-state index is 11.8. The van der Waals surface area contributed by atoms with Gasteiger partial charge in [-0.1, -0.05) is 18.2 Å². The van der Waals surface area contributed by atoms with Crippen molar-refractivity contribution < 1.29 is 9.90 Å². The number of aliphatic hydroxyl groups is 1. The molecule has 1 aliphatic rings. The van der Waals surface area contributed by atoms with Crippen LogP contribution in [0.2, 0.25) is 0 Å². The number of anilines is 1. The number of aliphatic hydroxyl groups excluding tert-OH is 1. The number of amides is 1. The van der Waals surface area contributed by atoms with Crippen molar-refractivity contribution in [1.82, 2.24) is 0 Å². The predicted octanol–water partition coefficient (Wildman–Crippen LogP) is 1.35. The van der Waals surface area contributed by atoms with E-state index in [4.69, 9.17) is 5.11 Å². The molecule has 1 aromatic carbocycles. The molecule has 1 aliphatic heterocycles. The van der Waals surface area contributed by atoms with Crippen LogP contribution in [0.25, 0.3) is 0 Å². The number of carbonyl (C=O) groups excluding carboxylic acids is 1. The Labute approximate surface area is 89.3 Å². The van der Waals surface area contributed by atoms with Crippen molar-refractivity contribution in [3.8, 4) is 0 Å². The minimum atomic E-state index is 0.0140. The maximum absolute atomic E-state index is 11.8. The number of hydrogen-bond donors (Lipinski definition) is 1. The molecule has 0 atom stereocenters. The third kappa shape index (κ3) is 2.02. The van der Waals surface area contributed by atoms with Crippen molar-refractivity contribution in [2.75, 3.05) is 18.1 Å². The molecule has 0 aromatic heterocycles. The molecule has 0 saturated heterocycles. The molecule has 2 rings (SSSR count). The van der Waals surface area contributed by atoms with Crippen molar-refractivity contribution in [1.29, 1.82) is 0 Å². The summed E-state index contributed by atoms with van der Waals surface area (Å²) >= 11 is 0. The molecule has 1 heterocycles. The van der Waals surface area contributed by atoms with Crippen molar-refractivity contribution >= 4 is 11.6 Å². The second-order valence-corrected chi connectivity index (χ2v) is 3.75. The number of benzene rings is 1. The van der Waals surface area contributed by atoms with Crippen LogP contribution in [0.5, 0.6) is 0 Å². The zero-order valence-corrected chi connectivity index (χ0v) is 8.65. The van der Waals surface area contributed by atoms with Gasteiger partial charge < -0.3 is 10.0 Å². The quantitative estimate of drug-likeness (QED) is 0.791. The molecule has 0 spiro atoms. The van der Waals surface area contributed by atoms with Crippen LogP contribution in [0.3, 0.4) is 0 Å². The summed E-state index contributed by atoms with van der Waals surface area (Å²) in [4.78, 5) is 13.5. The van der Waals surface area contributed by atoms with Gasteiger partial charge in [0.25, 0.3) is 0 Å². The van der Waals surface area contributed by atoms with E-state index in [1.807, 2.05) is 18.2 Å². The average molecular weight is 205 g/mol. The van der Waals surface area contributed by atoms with Gasteiger partial charge in [0.1, 0.15) is 0 Å². The monoisotopic (exact) mass is 205 g/mol. The van der Waals surface area contributed by atoms with Crippen LogP contribution in [0.15, 0.2) is 24.3 Å². The van der Waals surface area contributed by atoms with Crippen LogP contribution in [0.4, 0.5) is 5.69 Å². The Balaban J connectivity index is 2.38. The van der Waals surface area contributed by atoms with Crippen LogP contribution in [-0.2, 0) is 11.2 Å². The van der Waals surface area contributed by atoms with E-state index in [0.717, 1.165) is 18.5 Å². The van der Waals surface area contributed by atoms with E-state index in [0.29, 0.717) is 13.0 Å². The summed E-state index contributed by atoms with van der Waals surface area (Å²) in [5.74, 6) is 0.119. The number of hydrogen-bond acceptors (Lipinski definition) is 2. The van der Waals surface area contributed by atoms with Gasteiger partial charge in [0.15, 0.2) is 0 Å². The second-order valence-electron chi connectivity index (χ2n) is 3.75. The molecule has 3 nitrogen and oxygen atoms in total. The van der Waals surface area contributed by atoms with Gasteiger partial charge in [0.2, 0.25) is 5.91 Å². The predicted molar refractivity (Wildman–Crippen MR) is 58.8 cm³/mol.